The lowest BCUT2D eigenvalue weighted by atomic mass is 9.87. The van der Waals surface area contributed by atoms with E-state index in [9.17, 15) is 24.9 Å². The molecule has 14 heteroatoms. The number of aliphatic hydroxyl groups excluding tert-OH is 3. The third kappa shape index (κ3) is 5.95. The van der Waals surface area contributed by atoms with E-state index in [2.05, 4.69) is 13.8 Å². The number of aryl methyl sites for hydroxylation is 1. The first-order valence-electron chi connectivity index (χ1n) is 14.4. The molecule has 4 aliphatic rings. The average Bonchev–Trinajstić information content (AvgIpc) is 3.59. The van der Waals surface area contributed by atoms with E-state index in [1.54, 1.807) is 12.1 Å². The minimum atomic E-state index is -1.78. The van der Waals surface area contributed by atoms with Crippen LogP contribution in [-0.4, -0.2) is 83.1 Å². The molecule has 7 atom stereocenters. The summed E-state index contributed by atoms with van der Waals surface area (Å²) < 4.78 is 33.8. The third-order valence-electron chi connectivity index (χ3n) is 8.02. The minimum Gasteiger partial charge on any atom is -0.492 e. The van der Waals surface area contributed by atoms with Crippen LogP contribution in [0.4, 0.5) is 0 Å². The summed E-state index contributed by atoms with van der Waals surface area (Å²) in [6.45, 7) is 4.19. The first kappa shape index (κ1) is 30.2. The van der Waals surface area contributed by atoms with Gasteiger partial charge in [-0.25, -0.2) is 0 Å². The van der Waals surface area contributed by atoms with Gasteiger partial charge in [0, 0.05) is 17.2 Å². The molecule has 2 aromatic carbocycles. The monoisotopic (exact) mass is 618 g/mol. The van der Waals surface area contributed by atoms with Crippen molar-refractivity contribution in [3.8, 4) is 28.7 Å². The number of aliphatic carboxylic acids is 1. The van der Waals surface area contributed by atoms with Crippen LogP contribution in [-0.2, 0) is 30.4 Å². The topological polar surface area (TPSA) is 189 Å². The predicted molar refractivity (Wildman–Crippen MR) is 145 cm³/mol. The molecule has 1 fully saturated rings. The van der Waals surface area contributed by atoms with Crippen LogP contribution in [0.15, 0.2) is 24.3 Å². The van der Waals surface area contributed by atoms with Crippen molar-refractivity contribution in [1.82, 2.24) is 0 Å². The fourth-order valence-corrected chi connectivity index (χ4v) is 5.71. The Labute approximate surface area is 251 Å². The van der Waals surface area contributed by atoms with Crippen molar-refractivity contribution in [3.63, 3.8) is 0 Å². The molecule has 6 rings (SSSR count). The Morgan fingerprint density at radius 3 is 2.50 bits per heavy atom. The second kappa shape index (κ2) is 12.3. The SMILES string of the molecule is CC(C)CCc1cc(OO[C@H]2[C@@H](O)[C@H](O)[C@@H](COC(=O)CC(=O)O)O[C@H]2O)cc2c1OC[C@H]1c3cc4c(cc3O[C@H]21)OCO4. The number of carboxylic acids is 1. The van der Waals surface area contributed by atoms with Gasteiger partial charge in [-0.3, -0.25) is 9.59 Å². The summed E-state index contributed by atoms with van der Waals surface area (Å²) in [6, 6.07) is 7.19. The van der Waals surface area contributed by atoms with Crippen LogP contribution in [0, 0.1) is 5.92 Å². The Balaban J connectivity index is 1.18. The van der Waals surface area contributed by atoms with Crippen molar-refractivity contribution in [2.24, 2.45) is 5.92 Å². The third-order valence-corrected chi connectivity index (χ3v) is 8.02. The fourth-order valence-electron chi connectivity index (χ4n) is 5.71. The molecule has 0 unspecified atom stereocenters. The molecule has 2 aromatic rings. The van der Waals surface area contributed by atoms with E-state index in [1.807, 2.05) is 12.1 Å². The number of rotatable bonds is 10. The molecule has 4 aliphatic heterocycles. The van der Waals surface area contributed by atoms with Gasteiger partial charge in [0.25, 0.3) is 0 Å². The second-order valence-electron chi connectivity index (χ2n) is 11.6. The molecule has 44 heavy (non-hydrogen) atoms. The van der Waals surface area contributed by atoms with Crippen LogP contribution in [0.5, 0.6) is 28.7 Å². The van der Waals surface area contributed by atoms with Gasteiger partial charge >= 0.3 is 11.9 Å². The summed E-state index contributed by atoms with van der Waals surface area (Å²) in [5.74, 6) is 0.730. The number of esters is 1. The number of carboxylic acid groups (broad SMARTS) is 1. The van der Waals surface area contributed by atoms with Crippen LogP contribution in [0.2, 0.25) is 0 Å². The van der Waals surface area contributed by atoms with E-state index in [0.717, 1.165) is 23.1 Å². The van der Waals surface area contributed by atoms with Gasteiger partial charge < -0.3 is 53.7 Å². The number of carbonyl (C=O) groups excluding carboxylic acids is 1. The van der Waals surface area contributed by atoms with E-state index >= 15 is 0 Å². The number of benzene rings is 2. The van der Waals surface area contributed by atoms with E-state index in [1.165, 1.54) is 0 Å². The quantitative estimate of drug-likeness (QED) is 0.130. The van der Waals surface area contributed by atoms with Gasteiger partial charge in [0.1, 0.15) is 48.9 Å². The largest absolute Gasteiger partial charge is 0.492 e. The lowest BCUT2D eigenvalue weighted by Crippen LogP contribution is -2.59. The van der Waals surface area contributed by atoms with Gasteiger partial charge in [0.05, 0.1) is 12.5 Å². The summed E-state index contributed by atoms with van der Waals surface area (Å²) in [4.78, 5) is 33.2. The number of fused-ring (bicyclic) bond motifs is 6. The van der Waals surface area contributed by atoms with Crippen molar-refractivity contribution in [1.29, 1.82) is 0 Å². The molecule has 0 aliphatic carbocycles. The minimum absolute atomic E-state index is 0.117. The molecule has 0 spiro atoms. The van der Waals surface area contributed by atoms with Crippen molar-refractivity contribution in [3.05, 3.63) is 41.0 Å². The smallest absolute Gasteiger partial charge is 0.317 e. The summed E-state index contributed by atoms with van der Waals surface area (Å²) in [5, 5.41) is 40.4. The van der Waals surface area contributed by atoms with Gasteiger partial charge in [-0.2, -0.15) is 4.89 Å². The predicted octanol–water partition coefficient (Wildman–Crippen LogP) is 1.75. The van der Waals surface area contributed by atoms with Crippen molar-refractivity contribution in [2.45, 2.75) is 75.8 Å². The highest BCUT2D eigenvalue weighted by molar-refractivity contribution is 5.90. The molecule has 0 aromatic heterocycles. The van der Waals surface area contributed by atoms with Crippen LogP contribution in [0.25, 0.3) is 0 Å². The molecule has 0 saturated carbocycles. The Morgan fingerprint density at radius 2 is 1.75 bits per heavy atom. The van der Waals surface area contributed by atoms with Gasteiger partial charge in [-0.05, 0) is 42.5 Å². The average molecular weight is 619 g/mol. The molecular weight excluding hydrogens is 584 g/mol. The zero-order valence-corrected chi connectivity index (χ0v) is 24.0. The fraction of sp³-hybridized carbons (Fsp3) is 0.533. The molecule has 4 N–H and O–H groups in total. The normalized spacial score (nSPS) is 27.9. The lowest BCUT2D eigenvalue weighted by Gasteiger charge is -2.39. The number of ether oxygens (including phenoxy) is 6. The zero-order valence-electron chi connectivity index (χ0n) is 24.0. The van der Waals surface area contributed by atoms with Crippen LogP contribution in [0.3, 0.4) is 0 Å². The standard InChI is InChI=1S/C30H34O14/c1-13(2)3-4-14-5-15(43-44-29-26(35)25(34)22(42-30(29)36)11-37-24(33)9-23(31)32)6-17-27(14)38-10-18-16-7-20-21(40-12-39-20)8-19(16)41-28(17)18/h5-8,13,18,22,25-26,28-30,34-36H,3-4,9-12H2,1-2H3,(H,31,32)/t18-,22+,25+,26-,28+,29-,30+/m0/s1. The van der Waals surface area contributed by atoms with E-state index in [4.69, 9.17) is 43.3 Å². The highest BCUT2D eigenvalue weighted by Gasteiger charge is 2.47. The summed E-state index contributed by atoms with van der Waals surface area (Å²) in [6.07, 6.45) is -7.73. The van der Waals surface area contributed by atoms with Gasteiger partial charge in [0.15, 0.2) is 29.6 Å². The van der Waals surface area contributed by atoms with Crippen molar-refractivity contribution >= 4 is 11.9 Å². The Bertz CT molecular complexity index is 1410. The van der Waals surface area contributed by atoms with Crippen LogP contribution < -0.4 is 23.8 Å². The molecule has 0 amide bonds. The van der Waals surface area contributed by atoms with Gasteiger partial charge in [0.2, 0.25) is 6.79 Å². The highest BCUT2D eigenvalue weighted by atomic mass is 17.2. The molecule has 0 bridgehead atoms. The molecule has 1 saturated heterocycles. The van der Waals surface area contributed by atoms with Gasteiger partial charge in [-0.15, -0.1) is 0 Å². The van der Waals surface area contributed by atoms with E-state index < -0.39 is 61.8 Å². The molecule has 4 heterocycles. The van der Waals surface area contributed by atoms with Crippen LogP contribution >= 0.6 is 0 Å². The maximum absolute atomic E-state index is 11.5. The Hall–Kier alpha value is -3.82. The number of hydrogen-bond acceptors (Lipinski definition) is 13. The van der Waals surface area contributed by atoms with Gasteiger partial charge in [-0.1, -0.05) is 13.8 Å². The maximum atomic E-state index is 11.5. The first-order valence-corrected chi connectivity index (χ1v) is 14.4. The van der Waals surface area contributed by atoms with E-state index in [-0.39, 0.29) is 18.5 Å². The van der Waals surface area contributed by atoms with Crippen LogP contribution in [0.1, 0.15) is 55.4 Å². The highest BCUT2D eigenvalue weighted by Crippen LogP contribution is 2.55. The molecule has 238 valence electrons. The van der Waals surface area contributed by atoms with E-state index in [0.29, 0.717) is 41.9 Å². The summed E-state index contributed by atoms with van der Waals surface area (Å²) in [7, 11) is 0. The summed E-state index contributed by atoms with van der Waals surface area (Å²) in [5.41, 5.74) is 2.55. The van der Waals surface area contributed by atoms with Crippen molar-refractivity contribution in [2.75, 3.05) is 20.0 Å². The number of hydrogen-bond donors (Lipinski definition) is 4. The maximum Gasteiger partial charge on any atom is 0.317 e. The summed E-state index contributed by atoms with van der Waals surface area (Å²) >= 11 is 0. The molecular formula is C30H34O14. The first-order chi connectivity index (χ1) is 21.1. The Kier molecular flexibility index (Phi) is 8.44. The number of carbonyl (C=O) groups is 2. The Morgan fingerprint density at radius 1 is 0.977 bits per heavy atom. The second-order valence-corrected chi connectivity index (χ2v) is 11.6. The molecule has 14 nitrogen and oxygen atoms in total. The van der Waals surface area contributed by atoms with Crippen molar-refractivity contribution < 1.29 is 68.2 Å². The number of aliphatic hydroxyl groups is 3. The zero-order chi connectivity index (χ0) is 31.1. The lowest BCUT2D eigenvalue weighted by molar-refractivity contribution is -0.365. The molecule has 0 radical (unpaired) electrons.